The van der Waals surface area contributed by atoms with Crippen LogP contribution in [0.4, 0.5) is 0 Å². The maximum atomic E-state index is 4.07. The standard InChI is InChI=1S/C17H31N3/c1-2-6-16-7-5-8-17(10-9-16)19-11-3-4-13-20-14-12-18-15-20/h12,14-17,19H,2-11,13H2,1H3. The van der Waals surface area contributed by atoms with Crippen LogP contribution in [0.3, 0.4) is 0 Å². The summed E-state index contributed by atoms with van der Waals surface area (Å²) in [5.74, 6) is 1.01. The molecule has 1 saturated carbocycles. The highest BCUT2D eigenvalue weighted by atomic mass is 15.0. The predicted molar refractivity (Wildman–Crippen MR) is 84.7 cm³/mol. The van der Waals surface area contributed by atoms with Crippen LogP contribution in [0.15, 0.2) is 18.7 Å². The summed E-state index contributed by atoms with van der Waals surface area (Å²) in [6.45, 7) is 4.60. The first kappa shape index (κ1) is 15.6. The Morgan fingerprint density at radius 1 is 1.20 bits per heavy atom. The first-order chi connectivity index (χ1) is 9.88. The van der Waals surface area contributed by atoms with Gasteiger partial charge in [0.05, 0.1) is 6.33 Å². The number of aromatic nitrogens is 2. The van der Waals surface area contributed by atoms with E-state index < -0.39 is 0 Å². The summed E-state index contributed by atoms with van der Waals surface area (Å²) < 4.78 is 2.17. The molecule has 1 aromatic rings. The smallest absolute Gasteiger partial charge is 0.0945 e. The third-order valence-corrected chi connectivity index (χ3v) is 4.62. The Labute approximate surface area is 124 Å². The van der Waals surface area contributed by atoms with Crippen molar-refractivity contribution in [1.82, 2.24) is 14.9 Å². The fraction of sp³-hybridized carbons (Fsp3) is 0.824. The Balaban J connectivity index is 1.53. The van der Waals surface area contributed by atoms with Crippen molar-refractivity contribution in [3.8, 4) is 0 Å². The molecule has 1 heterocycles. The Morgan fingerprint density at radius 3 is 2.95 bits per heavy atom. The molecule has 3 heteroatoms. The zero-order valence-corrected chi connectivity index (χ0v) is 13.1. The first-order valence-corrected chi connectivity index (χ1v) is 8.57. The summed E-state index contributed by atoms with van der Waals surface area (Å²) in [4.78, 5) is 4.07. The number of hydrogen-bond donors (Lipinski definition) is 1. The highest BCUT2D eigenvalue weighted by Gasteiger charge is 2.17. The van der Waals surface area contributed by atoms with Crippen LogP contribution in [0.5, 0.6) is 0 Å². The molecule has 20 heavy (non-hydrogen) atoms. The van der Waals surface area contributed by atoms with Crippen molar-refractivity contribution in [2.24, 2.45) is 5.92 Å². The number of hydrogen-bond acceptors (Lipinski definition) is 2. The number of nitrogens with zero attached hydrogens (tertiary/aromatic N) is 2. The summed E-state index contributed by atoms with van der Waals surface area (Å²) in [6.07, 6.45) is 18.3. The monoisotopic (exact) mass is 277 g/mol. The predicted octanol–water partition coefficient (Wildman–Crippen LogP) is 4.00. The van der Waals surface area contributed by atoms with Crippen molar-refractivity contribution in [3.05, 3.63) is 18.7 Å². The van der Waals surface area contributed by atoms with E-state index in [9.17, 15) is 0 Å². The average molecular weight is 277 g/mol. The second kappa shape index (κ2) is 9.17. The molecule has 3 nitrogen and oxygen atoms in total. The van der Waals surface area contributed by atoms with Gasteiger partial charge in [-0.15, -0.1) is 0 Å². The van der Waals surface area contributed by atoms with Gasteiger partial charge in [0.1, 0.15) is 0 Å². The summed E-state index contributed by atoms with van der Waals surface area (Å²) in [6, 6.07) is 0.783. The van der Waals surface area contributed by atoms with Crippen molar-refractivity contribution < 1.29 is 0 Å². The zero-order valence-electron chi connectivity index (χ0n) is 13.1. The summed E-state index contributed by atoms with van der Waals surface area (Å²) >= 11 is 0. The summed E-state index contributed by atoms with van der Waals surface area (Å²) in [5, 5.41) is 3.78. The van der Waals surface area contributed by atoms with Gasteiger partial charge in [-0.25, -0.2) is 4.98 Å². The molecule has 0 saturated heterocycles. The van der Waals surface area contributed by atoms with E-state index in [-0.39, 0.29) is 0 Å². The van der Waals surface area contributed by atoms with Crippen LogP contribution >= 0.6 is 0 Å². The molecular formula is C17H31N3. The molecule has 2 unspecified atom stereocenters. The highest BCUT2D eigenvalue weighted by Crippen LogP contribution is 2.26. The number of aryl methyl sites for hydroxylation is 1. The van der Waals surface area contributed by atoms with Gasteiger partial charge in [-0.1, -0.05) is 32.6 Å². The van der Waals surface area contributed by atoms with Gasteiger partial charge in [0, 0.05) is 25.0 Å². The van der Waals surface area contributed by atoms with Crippen LogP contribution in [0.2, 0.25) is 0 Å². The van der Waals surface area contributed by atoms with Crippen LogP contribution in [-0.4, -0.2) is 22.1 Å². The molecule has 2 atom stereocenters. The maximum Gasteiger partial charge on any atom is 0.0945 e. The van der Waals surface area contributed by atoms with E-state index in [4.69, 9.17) is 0 Å². The van der Waals surface area contributed by atoms with E-state index in [0.29, 0.717) is 0 Å². The highest BCUT2D eigenvalue weighted by molar-refractivity contribution is 4.76. The Morgan fingerprint density at radius 2 is 2.15 bits per heavy atom. The van der Waals surface area contributed by atoms with Crippen molar-refractivity contribution in [1.29, 1.82) is 0 Å². The molecule has 1 aliphatic carbocycles. The molecule has 1 fully saturated rings. The summed E-state index contributed by atoms with van der Waals surface area (Å²) in [7, 11) is 0. The van der Waals surface area contributed by atoms with E-state index in [1.165, 1.54) is 64.3 Å². The van der Waals surface area contributed by atoms with E-state index in [2.05, 4.69) is 21.8 Å². The molecule has 0 aliphatic heterocycles. The third kappa shape index (κ3) is 5.66. The third-order valence-electron chi connectivity index (χ3n) is 4.62. The lowest BCUT2D eigenvalue weighted by Gasteiger charge is -2.16. The SMILES string of the molecule is CCCC1CCCC(NCCCCn2ccnc2)CC1. The molecule has 2 rings (SSSR count). The van der Waals surface area contributed by atoms with Crippen LogP contribution in [-0.2, 0) is 6.54 Å². The minimum absolute atomic E-state index is 0.783. The van der Waals surface area contributed by atoms with E-state index in [1.807, 2.05) is 18.7 Å². The minimum Gasteiger partial charge on any atom is -0.337 e. The van der Waals surface area contributed by atoms with Gasteiger partial charge < -0.3 is 9.88 Å². The van der Waals surface area contributed by atoms with Gasteiger partial charge >= 0.3 is 0 Å². The summed E-state index contributed by atoms with van der Waals surface area (Å²) in [5.41, 5.74) is 0. The van der Waals surface area contributed by atoms with Gasteiger partial charge in [0.25, 0.3) is 0 Å². The van der Waals surface area contributed by atoms with Crippen LogP contribution in [0.25, 0.3) is 0 Å². The van der Waals surface area contributed by atoms with Crippen LogP contribution in [0, 0.1) is 5.92 Å². The van der Waals surface area contributed by atoms with Crippen molar-refractivity contribution in [3.63, 3.8) is 0 Å². The normalized spacial score (nSPS) is 23.6. The fourth-order valence-electron chi connectivity index (χ4n) is 3.42. The number of unbranched alkanes of at least 4 members (excludes halogenated alkanes) is 1. The number of imidazole rings is 1. The molecule has 1 N–H and O–H groups in total. The number of rotatable bonds is 8. The van der Waals surface area contributed by atoms with Gasteiger partial charge in [-0.3, -0.25) is 0 Å². The second-order valence-electron chi connectivity index (χ2n) is 6.32. The van der Waals surface area contributed by atoms with Crippen molar-refractivity contribution in [2.45, 2.75) is 77.3 Å². The molecule has 114 valence electrons. The first-order valence-electron chi connectivity index (χ1n) is 8.57. The lowest BCUT2D eigenvalue weighted by Crippen LogP contribution is -2.29. The molecule has 0 bridgehead atoms. The van der Waals surface area contributed by atoms with Gasteiger partial charge in [0.2, 0.25) is 0 Å². The Kier molecular flexibility index (Phi) is 7.13. The van der Waals surface area contributed by atoms with E-state index in [1.54, 1.807) is 0 Å². The molecule has 0 radical (unpaired) electrons. The maximum absolute atomic E-state index is 4.07. The largest absolute Gasteiger partial charge is 0.337 e. The lowest BCUT2D eigenvalue weighted by molar-refractivity contribution is 0.407. The van der Waals surface area contributed by atoms with Crippen molar-refractivity contribution >= 4 is 0 Å². The molecular weight excluding hydrogens is 246 g/mol. The Bertz CT molecular complexity index is 334. The van der Waals surface area contributed by atoms with E-state index in [0.717, 1.165) is 18.5 Å². The van der Waals surface area contributed by atoms with E-state index >= 15 is 0 Å². The minimum atomic E-state index is 0.783. The van der Waals surface area contributed by atoms with Gasteiger partial charge in [-0.05, 0) is 44.6 Å². The van der Waals surface area contributed by atoms with Gasteiger partial charge in [0.15, 0.2) is 0 Å². The van der Waals surface area contributed by atoms with Gasteiger partial charge in [-0.2, -0.15) is 0 Å². The molecule has 0 spiro atoms. The van der Waals surface area contributed by atoms with Crippen molar-refractivity contribution in [2.75, 3.05) is 6.54 Å². The molecule has 0 amide bonds. The molecule has 1 aromatic heterocycles. The molecule has 1 aliphatic rings. The van der Waals surface area contributed by atoms with Crippen LogP contribution in [0.1, 0.15) is 64.7 Å². The second-order valence-corrected chi connectivity index (χ2v) is 6.32. The Hall–Kier alpha value is -0.830. The van der Waals surface area contributed by atoms with Crippen LogP contribution < -0.4 is 5.32 Å². The fourth-order valence-corrected chi connectivity index (χ4v) is 3.42. The zero-order chi connectivity index (χ0) is 14.0. The average Bonchev–Trinajstić information content (AvgIpc) is 2.87. The topological polar surface area (TPSA) is 29.9 Å². The lowest BCUT2D eigenvalue weighted by atomic mass is 9.95. The number of nitrogens with one attached hydrogen (secondary N) is 1. The quantitative estimate of drug-likeness (QED) is 0.575. The molecule has 0 aromatic carbocycles.